The second-order valence-corrected chi connectivity index (χ2v) is 4.10. The van der Waals surface area contributed by atoms with Gasteiger partial charge in [-0.15, -0.1) is 6.58 Å². The summed E-state index contributed by atoms with van der Waals surface area (Å²) < 4.78 is 0. The zero-order valence-corrected chi connectivity index (χ0v) is 11.1. The predicted molar refractivity (Wildman–Crippen MR) is 73.7 cm³/mol. The Balaban J connectivity index is 2.52. The summed E-state index contributed by atoms with van der Waals surface area (Å²) in [7, 11) is 0. The van der Waals surface area contributed by atoms with Crippen molar-refractivity contribution in [2.45, 2.75) is 26.8 Å². The van der Waals surface area contributed by atoms with E-state index in [-0.39, 0.29) is 6.04 Å². The van der Waals surface area contributed by atoms with Crippen LogP contribution in [0, 0.1) is 13.8 Å². The highest BCUT2D eigenvalue weighted by atomic mass is 32.1. The van der Waals surface area contributed by atoms with E-state index in [1.807, 2.05) is 20.8 Å². The summed E-state index contributed by atoms with van der Waals surface area (Å²) in [5, 5.41) is 3.52. The van der Waals surface area contributed by atoms with Gasteiger partial charge in [-0.3, -0.25) is 10.9 Å². The lowest BCUT2D eigenvalue weighted by Crippen LogP contribution is -2.42. The topological polar surface area (TPSA) is 61.9 Å². The minimum absolute atomic E-state index is 0.116. The Morgan fingerprint density at radius 3 is 2.88 bits per heavy atom. The van der Waals surface area contributed by atoms with E-state index in [4.69, 9.17) is 12.2 Å². The third-order valence-corrected chi connectivity index (χ3v) is 2.32. The summed E-state index contributed by atoms with van der Waals surface area (Å²) in [5.41, 5.74) is 6.76. The van der Waals surface area contributed by atoms with Gasteiger partial charge in [0, 0.05) is 17.8 Å². The number of nitrogens with zero attached hydrogens (tertiary/aromatic N) is 2. The van der Waals surface area contributed by atoms with Crippen LogP contribution in [-0.4, -0.2) is 21.1 Å². The lowest BCUT2D eigenvalue weighted by molar-refractivity contribution is 0.791. The Hall–Kier alpha value is -1.69. The third-order valence-electron chi connectivity index (χ3n) is 2.10. The third kappa shape index (κ3) is 4.36. The minimum atomic E-state index is 0.116. The molecule has 0 radical (unpaired) electrons. The zero-order valence-electron chi connectivity index (χ0n) is 10.2. The molecule has 92 valence electrons. The van der Waals surface area contributed by atoms with Gasteiger partial charge in [0.15, 0.2) is 10.9 Å². The number of rotatable bonds is 4. The Morgan fingerprint density at radius 2 is 2.24 bits per heavy atom. The van der Waals surface area contributed by atoms with Crippen molar-refractivity contribution in [3.8, 4) is 0 Å². The summed E-state index contributed by atoms with van der Waals surface area (Å²) in [6, 6.07) is 0.116. The summed E-state index contributed by atoms with van der Waals surface area (Å²) >= 11 is 5.10. The molecule has 0 saturated carbocycles. The maximum atomic E-state index is 5.10. The van der Waals surface area contributed by atoms with E-state index in [2.05, 4.69) is 32.7 Å². The Bertz CT molecular complexity index is 418. The molecule has 0 saturated heterocycles. The summed E-state index contributed by atoms with van der Waals surface area (Å²) in [6.45, 7) is 9.38. The molecule has 5 nitrogen and oxygen atoms in total. The molecule has 0 fully saturated rings. The van der Waals surface area contributed by atoms with Gasteiger partial charge in [0.1, 0.15) is 5.82 Å². The molecule has 17 heavy (non-hydrogen) atoms. The fraction of sp³-hybridized carbons (Fsp3) is 0.364. The molecule has 1 atom stereocenters. The normalized spacial score (nSPS) is 11.5. The number of hydrogen-bond acceptors (Lipinski definition) is 4. The molecule has 0 unspecified atom stereocenters. The maximum Gasteiger partial charge on any atom is 0.185 e. The smallest absolute Gasteiger partial charge is 0.185 e. The molecule has 0 spiro atoms. The zero-order chi connectivity index (χ0) is 12.8. The van der Waals surface area contributed by atoms with Crippen molar-refractivity contribution in [1.29, 1.82) is 0 Å². The quantitative estimate of drug-likeness (QED) is 0.428. The molecule has 1 rings (SSSR count). The van der Waals surface area contributed by atoms with Crippen molar-refractivity contribution in [2.75, 3.05) is 5.43 Å². The number of thiocarbonyl (C=S) groups is 1. The van der Waals surface area contributed by atoms with Crippen molar-refractivity contribution in [1.82, 2.24) is 20.7 Å². The first kappa shape index (κ1) is 13.4. The summed E-state index contributed by atoms with van der Waals surface area (Å²) in [6.07, 6.45) is 3.53. The molecular formula is C11H17N5S. The Kier molecular flexibility index (Phi) is 4.84. The van der Waals surface area contributed by atoms with Gasteiger partial charge in [-0.2, -0.15) is 0 Å². The van der Waals surface area contributed by atoms with E-state index >= 15 is 0 Å². The van der Waals surface area contributed by atoms with Gasteiger partial charge >= 0.3 is 0 Å². The van der Waals surface area contributed by atoms with Crippen LogP contribution in [-0.2, 0) is 0 Å². The Labute approximate surface area is 107 Å². The van der Waals surface area contributed by atoms with Crippen LogP contribution in [0.2, 0.25) is 0 Å². The van der Waals surface area contributed by atoms with Crippen LogP contribution in [0.4, 0.5) is 5.82 Å². The molecule has 0 aliphatic heterocycles. The van der Waals surface area contributed by atoms with E-state index in [9.17, 15) is 0 Å². The van der Waals surface area contributed by atoms with E-state index in [0.717, 1.165) is 5.56 Å². The molecule has 1 heterocycles. The van der Waals surface area contributed by atoms with Gasteiger partial charge in [0.2, 0.25) is 0 Å². The van der Waals surface area contributed by atoms with Crippen LogP contribution in [0.5, 0.6) is 0 Å². The van der Waals surface area contributed by atoms with Crippen molar-refractivity contribution in [3.05, 3.63) is 30.2 Å². The largest absolute Gasteiger partial charge is 0.355 e. The van der Waals surface area contributed by atoms with Crippen LogP contribution in [0.15, 0.2) is 18.9 Å². The summed E-state index contributed by atoms with van der Waals surface area (Å²) in [5.74, 6) is 1.42. The number of nitrogens with one attached hydrogen (secondary N) is 3. The van der Waals surface area contributed by atoms with E-state index < -0.39 is 0 Å². The van der Waals surface area contributed by atoms with Gasteiger partial charge in [0.25, 0.3) is 0 Å². The molecule has 1 aromatic heterocycles. The monoisotopic (exact) mass is 251 g/mol. The molecule has 3 N–H and O–H groups in total. The first-order valence-electron chi connectivity index (χ1n) is 5.28. The molecule has 0 amide bonds. The predicted octanol–water partition coefficient (Wildman–Crippen LogP) is 1.46. The average molecular weight is 251 g/mol. The van der Waals surface area contributed by atoms with Crippen LogP contribution >= 0.6 is 12.2 Å². The van der Waals surface area contributed by atoms with E-state index in [1.165, 1.54) is 0 Å². The standard InChI is InChI=1S/C11H17N5S/c1-5-8(3)13-11(17)16-15-10-7(2)6-12-9(4)14-10/h5-6,8H,1H2,2-4H3,(H,12,14,15)(H2,13,16,17)/t8-/m1/s1. The average Bonchev–Trinajstić information content (AvgIpc) is 2.30. The molecule has 0 bridgehead atoms. The highest BCUT2D eigenvalue weighted by molar-refractivity contribution is 7.80. The van der Waals surface area contributed by atoms with Crippen LogP contribution in [0.25, 0.3) is 0 Å². The number of anilines is 1. The van der Waals surface area contributed by atoms with Gasteiger partial charge in [-0.25, -0.2) is 9.97 Å². The maximum absolute atomic E-state index is 5.10. The molecule has 0 aliphatic carbocycles. The second-order valence-electron chi connectivity index (χ2n) is 3.70. The van der Waals surface area contributed by atoms with Gasteiger partial charge in [-0.05, 0) is 33.0 Å². The van der Waals surface area contributed by atoms with E-state index in [1.54, 1.807) is 12.3 Å². The molecule has 6 heteroatoms. The first-order chi connectivity index (χ1) is 8.02. The van der Waals surface area contributed by atoms with Crippen molar-refractivity contribution in [2.24, 2.45) is 0 Å². The van der Waals surface area contributed by atoms with Crippen molar-refractivity contribution >= 4 is 23.1 Å². The van der Waals surface area contributed by atoms with Crippen molar-refractivity contribution in [3.63, 3.8) is 0 Å². The SMILES string of the molecule is C=C[C@@H](C)NC(=S)NNc1nc(C)ncc1C. The first-order valence-corrected chi connectivity index (χ1v) is 5.69. The minimum Gasteiger partial charge on any atom is -0.355 e. The fourth-order valence-corrected chi connectivity index (χ4v) is 1.31. The molecule has 0 aromatic carbocycles. The highest BCUT2D eigenvalue weighted by Gasteiger charge is 2.02. The summed E-state index contributed by atoms with van der Waals surface area (Å²) in [4.78, 5) is 8.34. The lowest BCUT2D eigenvalue weighted by Gasteiger charge is -2.15. The number of aryl methyl sites for hydroxylation is 2. The Morgan fingerprint density at radius 1 is 1.53 bits per heavy atom. The van der Waals surface area contributed by atoms with Gasteiger partial charge < -0.3 is 5.32 Å². The number of hydrazine groups is 1. The second kappa shape index (κ2) is 6.15. The van der Waals surface area contributed by atoms with Crippen LogP contribution in [0.1, 0.15) is 18.3 Å². The van der Waals surface area contributed by atoms with Crippen LogP contribution < -0.4 is 16.2 Å². The number of hydrogen-bond donors (Lipinski definition) is 3. The van der Waals surface area contributed by atoms with Crippen LogP contribution in [0.3, 0.4) is 0 Å². The number of aromatic nitrogens is 2. The van der Waals surface area contributed by atoms with Gasteiger partial charge in [0.05, 0.1) is 0 Å². The molecular weight excluding hydrogens is 234 g/mol. The van der Waals surface area contributed by atoms with Gasteiger partial charge in [-0.1, -0.05) is 6.08 Å². The molecule has 0 aliphatic rings. The van der Waals surface area contributed by atoms with Crippen molar-refractivity contribution < 1.29 is 0 Å². The molecule has 1 aromatic rings. The fourth-order valence-electron chi connectivity index (χ4n) is 1.07. The highest BCUT2D eigenvalue weighted by Crippen LogP contribution is 2.07. The van der Waals surface area contributed by atoms with E-state index in [0.29, 0.717) is 16.8 Å². The lowest BCUT2D eigenvalue weighted by atomic mass is 10.3.